The number of furan rings is 1. The number of nitrogens with one attached hydrogen (secondary N) is 4. The molecule has 8 heteroatoms. The van der Waals surface area contributed by atoms with Crippen LogP contribution in [0.3, 0.4) is 0 Å². The third kappa shape index (κ3) is 4.00. The van der Waals surface area contributed by atoms with Crippen molar-refractivity contribution >= 4 is 28.6 Å². The van der Waals surface area contributed by atoms with Crippen LogP contribution < -0.4 is 16.2 Å². The van der Waals surface area contributed by atoms with Gasteiger partial charge in [0.05, 0.1) is 11.8 Å². The van der Waals surface area contributed by atoms with Crippen LogP contribution in [0.4, 0.5) is 0 Å². The molecule has 8 nitrogen and oxygen atoms in total. The van der Waals surface area contributed by atoms with Crippen LogP contribution >= 0.6 is 0 Å². The largest absolute Gasteiger partial charge is 0.459 e. The van der Waals surface area contributed by atoms with E-state index in [0.29, 0.717) is 5.56 Å². The Hall–Kier alpha value is -3.55. The van der Waals surface area contributed by atoms with Crippen molar-refractivity contribution in [2.45, 2.75) is 19.9 Å². The molecule has 1 unspecified atom stereocenters. The number of aromatic nitrogens is 1. The van der Waals surface area contributed by atoms with Gasteiger partial charge in [-0.2, -0.15) is 0 Å². The number of carbonyl (C=O) groups is 3. The van der Waals surface area contributed by atoms with Gasteiger partial charge in [-0.25, -0.2) is 0 Å². The fourth-order valence-electron chi connectivity index (χ4n) is 2.68. The molecule has 0 fully saturated rings. The molecule has 0 bridgehead atoms. The number of hydrogen-bond donors (Lipinski definition) is 4. The number of aromatic amines is 1. The monoisotopic (exact) mass is 368 g/mol. The summed E-state index contributed by atoms with van der Waals surface area (Å²) in [4.78, 5) is 39.9. The number of carbonyl (C=O) groups excluding carboxylic acids is 3. The van der Waals surface area contributed by atoms with E-state index in [-0.39, 0.29) is 11.7 Å². The zero-order valence-electron chi connectivity index (χ0n) is 14.9. The second kappa shape index (κ2) is 7.77. The fraction of sp³-hybridized carbons (Fsp3) is 0.211. The molecule has 27 heavy (non-hydrogen) atoms. The summed E-state index contributed by atoms with van der Waals surface area (Å²) in [6, 6.07) is 9.59. The molecule has 0 radical (unpaired) electrons. The van der Waals surface area contributed by atoms with E-state index in [2.05, 4.69) is 21.2 Å². The van der Waals surface area contributed by atoms with Crippen molar-refractivity contribution in [3.63, 3.8) is 0 Å². The first-order chi connectivity index (χ1) is 13.0. The number of hydrogen-bond acceptors (Lipinski definition) is 4. The Morgan fingerprint density at radius 1 is 1.00 bits per heavy atom. The smallest absolute Gasteiger partial charge is 0.287 e. The summed E-state index contributed by atoms with van der Waals surface area (Å²) in [6.45, 7) is 3.57. The number of H-pyrrole nitrogens is 1. The van der Waals surface area contributed by atoms with Crippen LogP contribution in [0.2, 0.25) is 0 Å². The van der Waals surface area contributed by atoms with Gasteiger partial charge < -0.3 is 14.7 Å². The van der Waals surface area contributed by atoms with Crippen molar-refractivity contribution in [3.05, 3.63) is 60.2 Å². The minimum absolute atomic E-state index is 0.108. The molecule has 3 amide bonds. The Morgan fingerprint density at radius 3 is 2.48 bits per heavy atom. The van der Waals surface area contributed by atoms with Crippen molar-refractivity contribution in [3.8, 4) is 0 Å². The molecule has 3 rings (SSSR count). The highest BCUT2D eigenvalue weighted by molar-refractivity contribution is 6.07. The van der Waals surface area contributed by atoms with Gasteiger partial charge in [0, 0.05) is 17.1 Å². The van der Waals surface area contributed by atoms with Crippen LogP contribution in [-0.2, 0) is 4.79 Å². The van der Waals surface area contributed by atoms with E-state index in [1.165, 1.54) is 12.3 Å². The molecule has 2 heterocycles. The second-order valence-corrected chi connectivity index (χ2v) is 6.36. The van der Waals surface area contributed by atoms with Crippen LogP contribution in [0.5, 0.6) is 0 Å². The standard InChI is InChI=1S/C19H20N4O4/c1-11(2)16(21-18(25)15-8-5-9-27-15)19(26)23-22-17(24)13-10-20-14-7-4-3-6-12(13)14/h3-11,16,20H,1-2H3,(H,21,25)(H,22,24)(H,23,26). The lowest BCUT2D eigenvalue weighted by Gasteiger charge is -2.21. The minimum atomic E-state index is -0.842. The Balaban J connectivity index is 1.63. The van der Waals surface area contributed by atoms with Crippen LogP contribution in [0.25, 0.3) is 10.9 Å². The van der Waals surface area contributed by atoms with Gasteiger partial charge in [-0.3, -0.25) is 25.2 Å². The normalized spacial score (nSPS) is 12.0. The van der Waals surface area contributed by atoms with Gasteiger partial charge in [-0.15, -0.1) is 0 Å². The first kappa shape index (κ1) is 18.2. The Kier molecular flexibility index (Phi) is 5.25. The highest BCUT2D eigenvalue weighted by Crippen LogP contribution is 2.17. The average molecular weight is 368 g/mol. The molecule has 2 aromatic heterocycles. The van der Waals surface area contributed by atoms with E-state index >= 15 is 0 Å². The van der Waals surface area contributed by atoms with Gasteiger partial charge in [0.15, 0.2) is 5.76 Å². The van der Waals surface area contributed by atoms with Crippen LogP contribution in [0.1, 0.15) is 34.8 Å². The molecule has 0 aliphatic rings. The number of rotatable bonds is 5. The molecule has 1 atom stereocenters. The first-order valence-electron chi connectivity index (χ1n) is 8.48. The van der Waals surface area contributed by atoms with Gasteiger partial charge in [0.25, 0.3) is 17.7 Å². The maximum atomic E-state index is 12.4. The van der Waals surface area contributed by atoms with Gasteiger partial charge in [-0.1, -0.05) is 32.0 Å². The number of fused-ring (bicyclic) bond motifs is 1. The van der Waals surface area contributed by atoms with Gasteiger partial charge in [0.2, 0.25) is 0 Å². The molecular formula is C19H20N4O4. The van der Waals surface area contributed by atoms with E-state index in [9.17, 15) is 14.4 Å². The number of para-hydroxylation sites is 1. The Labute approximate surface area is 155 Å². The van der Waals surface area contributed by atoms with Gasteiger partial charge >= 0.3 is 0 Å². The van der Waals surface area contributed by atoms with Crippen LogP contribution in [0.15, 0.2) is 53.3 Å². The lowest BCUT2D eigenvalue weighted by Crippen LogP contribution is -2.54. The molecule has 140 valence electrons. The second-order valence-electron chi connectivity index (χ2n) is 6.36. The minimum Gasteiger partial charge on any atom is -0.459 e. The average Bonchev–Trinajstić information content (AvgIpc) is 3.33. The molecule has 0 saturated carbocycles. The van der Waals surface area contributed by atoms with Crippen molar-refractivity contribution < 1.29 is 18.8 Å². The summed E-state index contributed by atoms with van der Waals surface area (Å²) in [5.74, 6) is -1.58. The number of benzene rings is 1. The molecule has 0 saturated heterocycles. The zero-order chi connectivity index (χ0) is 19.4. The summed E-state index contributed by atoms with van der Waals surface area (Å²) in [5.41, 5.74) is 5.99. The van der Waals surface area contributed by atoms with Gasteiger partial charge in [0.1, 0.15) is 6.04 Å². The highest BCUT2D eigenvalue weighted by atomic mass is 16.3. The van der Waals surface area contributed by atoms with Crippen LogP contribution in [-0.4, -0.2) is 28.7 Å². The van der Waals surface area contributed by atoms with E-state index < -0.39 is 23.8 Å². The summed E-state index contributed by atoms with van der Waals surface area (Å²) < 4.78 is 5.03. The van der Waals surface area contributed by atoms with Crippen molar-refractivity contribution in [1.29, 1.82) is 0 Å². The summed E-state index contributed by atoms with van der Waals surface area (Å²) in [7, 11) is 0. The topological polar surface area (TPSA) is 116 Å². The third-order valence-corrected chi connectivity index (χ3v) is 4.11. The molecule has 0 aliphatic carbocycles. The molecule has 0 spiro atoms. The van der Waals surface area contributed by atoms with Gasteiger partial charge in [-0.05, 0) is 24.1 Å². The lowest BCUT2D eigenvalue weighted by molar-refractivity contribution is -0.124. The molecule has 4 N–H and O–H groups in total. The van der Waals surface area contributed by atoms with E-state index in [0.717, 1.165) is 10.9 Å². The predicted molar refractivity (Wildman–Crippen MR) is 98.7 cm³/mol. The number of hydrazine groups is 1. The quantitative estimate of drug-likeness (QED) is 0.515. The molecular weight excluding hydrogens is 348 g/mol. The van der Waals surface area contributed by atoms with E-state index in [4.69, 9.17) is 4.42 Å². The van der Waals surface area contributed by atoms with Crippen molar-refractivity contribution in [2.24, 2.45) is 5.92 Å². The summed E-state index contributed by atoms with van der Waals surface area (Å²) in [6.07, 6.45) is 2.95. The third-order valence-electron chi connectivity index (χ3n) is 4.11. The summed E-state index contributed by atoms with van der Waals surface area (Å²) in [5, 5.41) is 3.35. The van der Waals surface area contributed by atoms with E-state index in [1.807, 2.05) is 24.3 Å². The first-order valence-corrected chi connectivity index (χ1v) is 8.48. The highest BCUT2D eigenvalue weighted by Gasteiger charge is 2.26. The lowest BCUT2D eigenvalue weighted by atomic mass is 10.0. The zero-order valence-corrected chi connectivity index (χ0v) is 14.9. The van der Waals surface area contributed by atoms with Crippen molar-refractivity contribution in [2.75, 3.05) is 0 Å². The Morgan fingerprint density at radius 2 is 1.78 bits per heavy atom. The summed E-state index contributed by atoms with van der Waals surface area (Å²) >= 11 is 0. The fourth-order valence-corrected chi connectivity index (χ4v) is 2.68. The molecule has 1 aromatic carbocycles. The van der Waals surface area contributed by atoms with Crippen LogP contribution in [0, 0.1) is 5.92 Å². The van der Waals surface area contributed by atoms with Crippen molar-refractivity contribution in [1.82, 2.24) is 21.2 Å². The maximum Gasteiger partial charge on any atom is 0.287 e. The predicted octanol–water partition coefficient (Wildman–Crippen LogP) is 1.98. The number of amides is 3. The maximum absolute atomic E-state index is 12.4. The Bertz CT molecular complexity index is 959. The van der Waals surface area contributed by atoms with E-state index in [1.54, 1.807) is 26.1 Å². The molecule has 3 aromatic rings. The SMILES string of the molecule is CC(C)C(NC(=O)c1ccco1)C(=O)NNC(=O)c1c[nH]c2ccccc12. The molecule has 0 aliphatic heterocycles.